The van der Waals surface area contributed by atoms with Crippen LogP contribution in [0.25, 0.3) is 0 Å². The fraction of sp³-hybridized carbons (Fsp3) is 0.400. The number of ether oxygens (including phenoxy) is 1. The number of carbonyl (C=O) groups excluding carboxylic acids is 1. The maximum atomic E-state index is 12.2. The molecule has 0 spiro atoms. The Kier molecular flexibility index (Phi) is 5.15. The number of halogens is 3. The van der Waals surface area contributed by atoms with Crippen LogP contribution in [0.4, 0.5) is 18.0 Å². The van der Waals surface area contributed by atoms with Crippen LogP contribution < -0.4 is 15.2 Å². The molecule has 5 nitrogen and oxygen atoms in total. The Labute approximate surface area is 131 Å². The van der Waals surface area contributed by atoms with Gasteiger partial charge in [0.1, 0.15) is 11.8 Å². The molecule has 1 saturated heterocycles. The molecule has 1 amide bonds. The molecule has 23 heavy (non-hydrogen) atoms. The highest BCUT2D eigenvalue weighted by atomic mass is 19.4. The molecule has 0 bridgehead atoms. The molecule has 2 atom stereocenters. The Balaban J connectivity index is 2.22. The van der Waals surface area contributed by atoms with E-state index in [0.29, 0.717) is 12.1 Å². The van der Waals surface area contributed by atoms with Crippen LogP contribution in [0.3, 0.4) is 0 Å². The monoisotopic (exact) mass is 329 g/mol. The molecule has 1 aromatic rings. The first kappa shape index (κ1) is 17.1. The summed E-state index contributed by atoms with van der Waals surface area (Å²) in [4.78, 5) is 12.4. The van der Waals surface area contributed by atoms with Crippen LogP contribution in [0.15, 0.2) is 36.4 Å². The zero-order chi connectivity index (χ0) is 17.0. The average Bonchev–Trinajstić information content (AvgIpc) is 2.47. The maximum Gasteiger partial charge on any atom is 0.573 e. The number of carbonyl (C=O) groups is 1. The summed E-state index contributed by atoms with van der Waals surface area (Å²) in [6, 6.07) is 4.50. The van der Waals surface area contributed by atoms with Crippen LogP contribution in [0, 0.1) is 0 Å². The molecule has 1 N–H and O–H groups in total. The molecule has 8 heteroatoms. The van der Waals surface area contributed by atoms with E-state index < -0.39 is 18.5 Å². The van der Waals surface area contributed by atoms with E-state index in [0.717, 1.165) is 0 Å². The third kappa shape index (κ3) is 4.38. The van der Waals surface area contributed by atoms with Crippen molar-refractivity contribution in [2.24, 2.45) is 0 Å². The molecular weight excluding hydrogens is 313 g/mol. The molecule has 1 aliphatic rings. The molecule has 2 unspecified atom stereocenters. The van der Waals surface area contributed by atoms with Crippen molar-refractivity contribution in [3.63, 3.8) is 0 Å². The number of piperazine rings is 1. The van der Waals surface area contributed by atoms with E-state index in [1.54, 1.807) is 19.1 Å². The molecule has 0 saturated carbocycles. The van der Waals surface area contributed by atoms with Crippen LogP contribution in [0.2, 0.25) is 0 Å². The van der Waals surface area contributed by atoms with Gasteiger partial charge in [0.2, 0.25) is 0 Å². The lowest BCUT2D eigenvalue weighted by Gasteiger charge is -2.42. The smallest absolute Gasteiger partial charge is 0.530 e. The number of hydrogen-bond donors (Lipinski definition) is 1. The zero-order valence-corrected chi connectivity index (χ0v) is 12.3. The van der Waals surface area contributed by atoms with E-state index in [-0.39, 0.29) is 18.3 Å². The Morgan fingerprint density at radius 2 is 2.04 bits per heavy atom. The van der Waals surface area contributed by atoms with Gasteiger partial charge in [0.15, 0.2) is 0 Å². The zero-order valence-electron chi connectivity index (χ0n) is 12.3. The number of rotatable bonds is 3. The lowest BCUT2D eigenvalue weighted by molar-refractivity contribution is -0.274. The standard InChI is InChI=1S/C15H17F3N2O3/c1-2-3-12-13(19-8-9-20(12)14(21)22)10-4-6-11(7-5-10)23-15(16,17)18/h2-7,12-13,19H,8-9H2,1H3,(H,21,22)/p-1. The Bertz CT molecular complexity index is 572. The van der Waals surface area contributed by atoms with Crippen LogP contribution in [0.1, 0.15) is 18.5 Å². The minimum atomic E-state index is -4.75. The van der Waals surface area contributed by atoms with Gasteiger partial charge in [-0.25, -0.2) is 0 Å². The summed E-state index contributed by atoms with van der Waals surface area (Å²) in [5.41, 5.74) is 0.661. The van der Waals surface area contributed by atoms with Gasteiger partial charge in [-0.1, -0.05) is 24.3 Å². The number of alkyl halides is 3. The highest BCUT2D eigenvalue weighted by Gasteiger charge is 2.32. The van der Waals surface area contributed by atoms with Gasteiger partial charge < -0.3 is 24.9 Å². The van der Waals surface area contributed by atoms with Gasteiger partial charge in [0.05, 0.1) is 12.1 Å². The van der Waals surface area contributed by atoms with Crippen molar-refractivity contribution in [2.45, 2.75) is 25.4 Å². The normalized spacial score (nSPS) is 22.3. The lowest BCUT2D eigenvalue weighted by Crippen LogP contribution is -2.57. The van der Waals surface area contributed by atoms with E-state index in [9.17, 15) is 23.1 Å². The molecule has 2 rings (SSSR count). The van der Waals surface area contributed by atoms with Gasteiger partial charge >= 0.3 is 6.36 Å². The molecule has 0 radical (unpaired) electrons. The fourth-order valence-corrected chi connectivity index (χ4v) is 2.61. The van der Waals surface area contributed by atoms with Crippen molar-refractivity contribution < 1.29 is 27.8 Å². The second kappa shape index (κ2) is 6.91. The summed E-state index contributed by atoms with van der Waals surface area (Å²) in [6.45, 7) is 2.47. The van der Waals surface area contributed by atoms with Crippen molar-refractivity contribution >= 4 is 6.09 Å². The molecular formula is C15H16F3N2O3-. The van der Waals surface area contributed by atoms with Crippen LogP contribution in [0.5, 0.6) is 5.75 Å². The molecule has 0 aliphatic carbocycles. The molecule has 0 aromatic heterocycles. The van der Waals surface area contributed by atoms with Gasteiger partial charge in [0, 0.05) is 13.1 Å². The summed E-state index contributed by atoms with van der Waals surface area (Å²) < 4.78 is 40.4. The number of carboxylic acid groups (broad SMARTS) is 1. The van der Waals surface area contributed by atoms with Crippen molar-refractivity contribution in [3.8, 4) is 5.75 Å². The minimum Gasteiger partial charge on any atom is -0.530 e. The maximum absolute atomic E-state index is 12.2. The van der Waals surface area contributed by atoms with Crippen molar-refractivity contribution in [1.29, 1.82) is 0 Å². The number of benzene rings is 1. The predicted octanol–water partition coefficient (Wildman–Crippen LogP) is 1.82. The molecule has 1 heterocycles. The number of nitrogens with zero attached hydrogens (tertiary/aromatic N) is 1. The predicted molar refractivity (Wildman–Crippen MR) is 74.6 cm³/mol. The van der Waals surface area contributed by atoms with E-state index in [1.807, 2.05) is 0 Å². The number of amides is 1. The second-order valence-electron chi connectivity index (χ2n) is 5.02. The van der Waals surface area contributed by atoms with E-state index in [4.69, 9.17) is 0 Å². The third-order valence-electron chi connectivity index (χ3n) is 3.52. The third-order valence-corrected chi connectivity index (χ3v) is 3.52. The van der Waals surface area contributed by atoms with E-state index in [1.165, 1.54) is 29.2 Å². The first-order chi connectivity index (χ1) is 10.8. The van der Waals surface area contributed by atoms with Gasteiger partial charge in [-0.05, 0) is 24.6 Å². The lowest BCUT2D eigenvalue weighted by atomic mass is 9.95. The van der Waals surface area contributed by atoms with Gasteiger partial charge in [-0.15, -0.1) is 13.2 Å². The van der Waals surface area contributed by atoms with Gasteiger partial charge in [0.25, 0.3) is 0 Å². The summed E-state index contributed by atoms with van der Waals surface area (Å²) in [6.07, 6.45) is -2.59. The molecule has 1 aliphatic heterocycles. The summed E-state index contributed by atoms with van der Waals surface area (Å²) in [5, 5.41) is 14.4. The van der Waals surface area contributed by atoms with Crippen molar-refractivity contribution in [2.75, 3.05) is 13.1 Å². The van der Waals surface area contributed by atoms with Gasteiger partial charge in [-0.2, -0.15) is 0 Å². The minimum absolute atomic E-state index is 0.281. The first-order valence-corrected chi connectivity index (χ1v) is 7.01. The number of hydrogen-bond acceptors (Lipinski definition) is 4. The number of nitrogens with one attached hydrogen (secondary N) is 1. The van der Waals surface area contributed by atoms with Gasteiger partial charge in [-0.3, -0.25) is 0 Å². The summed E-state index contributed by atoms with van der Waals surface area (Å²) in [5.74, 6) is -0.323. The van der Waals surface area contributed by atoms with E-state index in [2.05, 4.69) is 10.1 Å². The van der Waals surface area contributed by atoms with Crippen LogP contribution in [-0.2, 0) is 0 Å². The summed E-state index contributed by atoms with van der Waals surface area (Å²) >= 11 is 0. The highest BCUT2D eigenvalue weighted by Crippen LogP contribution is 2.28. The fourth-order valence-electron chi connectivity index (χ4n) is 2.61. The highest BCUT2D eigenvalue weighted by molar-refractivity contribution is 5.64. The average molecular weight is 329 g/mol. The molecule has 1 fully saturated rings. The number of allylic oxidation sites excluding steroid dienone is 1. The Morgan fingerprint density at radius 1 is 1.39 bits per heavy atom. The largest absolute Gasteiger partial charge is 0.573 e. The Hall–Kier alpha value is -2.22. The topological polar surface area (TPSA) is 64.6 Å². The van der Waals surface area contributed by atoms with Crippen molar-refractivity contribution in [3.05, 3.63) is 42.0 Å². The van der Waals surface area contributed by atoms with Crippen LogP contribution in [-0.4, -0.2) is 36.5 Å². The molecule has 126 valence electrons. The second-order valence-corrected chi connectivity index (χ2v) is 5.02. The van der Waals surface area contributed by atoms with Crippen molar-refractivity contribution in [1.82, 2.24) is 10.2 Å². The first-order valence-electron chi connectivity index (χ1n) is 7.01. The Morgan fingerprint density at radius 3 is 2.57 bits per heavy atom. The van der Waals surface area contributed by atoms with Crippen LogP contribution >= 0.6 is 0 Å². The van der Waals surface area contributed by atoms with E-state index >= 15 is 0 Å². The molecule has 1 aromatic carbocycles. The quantitative estimate of drug-likeness (QED) is 0.859. The summed E-state index contributed by atoms with van der Waals surface area (Å²) in [7, 11) is 0. The SMILES string of the molecule is CC=CC1C(c2ccc(OC(F)(F)F)cc2)NCCN1C(=O)[O-].